The molecule has 0 amide bonds. The van der Waals surface area contributed by atoms with Crippen LogP contribution in [0.4, 0.5) is 5.13 Å². The van der Waals surface area contributed by atoms with Gasteiger partial charge in [0.25, 0.3) is 0 Å². The summed E-state index contributed by atoms with van der Waals surface area (Å²) in [5, 5.41) is 10.9. The van der Waals surface area contributed by atoms with Crippen LogP contribution in [0.2, 0.25) is 0 Å². The zero-order chi connectivity index (χ0) is 16.6. The molecule has 0 fully saturated rings. The Labute approximate surface area is 169 Å². The van der Waals surface area contributed by atoms with Gasteiger partial charge in [0.15, 0.2) is 11.1 Å². The lowest BCUT2D eigenvalue weighted by Gasteiger charge is -2.12. The van der Waals surface area contributed by atoms with Gasteiger partial charge in [-0.2, -0.15) is 0 Å². The first-order valence-corrected chi connectivity index (χ1v) is 8.75. The van der Waals surface area contributed by atoms with Gasteiger partial charge in [-0.3, -0.25) is 4.99 Å². The third kappa shape index (κ3) is 5.86. The van der Waals surface area contributed by atoms with Crippen LogP contribution in [-0.2, 0) is 6.54 Å². The molecule has 0 saturated carbocycles. The lowest BCUT2D eigenvalue weighted by atomic mass is 10.2. The van der Waals surface area contributed by atoms with Crippen molar-refractivity contribution in [3.05, 3.63) is 60.2 Å². The summed E-state index contributed by atoms with van der Waals surface area (Å²) in [4.78, 5) is 8.80. The van der Waals surface area contributed by atoms with Crippen molar-refractivity contribution in [3.63, 3.8) is 0 Å². The Kier molecular flexibility index (Phi) is 7.93. The molecule has 0 bridgehead atoms. The number of anilines is 1. The average molecular weight is 467 g/mol. The third-order valence-electron chi connectivity index (χ3n) is 3.51. The van der Waals surface area contributed by atoms with Crippen molar-refractivity contribution >= 4 is 56.6 Å². The Morgan fingerprint density at radius 2 is 1.76 bits per heavy atom. The number of hydrogen-bond donors (Lipinski definition) is 3. The minimum Gasteiger partial charge on any atom is -0.360 e. The van der Waals surface area contributed by atoms with Gasteiger partial charge in [0.2, 0.25) is 0 Å². The lowest BCUT2D eigenvalue weighted by molar-refractivity contribution is 0.812. The average Bonchev–Trinajstić information content (AvgIpc) is 3.05. The Morgan fingerprint density at radius 1 is 1.00 bits per heavy atom. The summed E-state index contributed by atoms with van der Waals surface area (Å²) in [5.41, 5.74) is 2.27. The van der Waals surface area contributed by atoms with Gasteiger partial charge in [-0.15, -0.1) is 24.0 Å². The van der Waals surface area contributed by atoms with Gasteiger partial charge in [0.05, 0.1) is 10.2 Å². The van der Waals surface area contributed by atoms with Crippen molar-refractivity contribution in [2.45, 2.75) is 6.54 Å². The molecule has 3 aromatic rings. The van der Waals surface area contributed by atoms with Crippen molar-refractivity contribution < 1.29 is 0 Å². The molecule has 0 aliphatic heterocycles. The monoisotopic (exact) mass is 467 g/mol. The second-order valence-corrected chi connectivity index (χ2v) is 6.28. The summed E-state index contributed by atoms with van der Waals surface area (Å²) in [6.07, 6.45) is 0. The molecule has 0 aliphatic carbocycles. The quantitative estimate of drug-likeness (QED) is 0.224. The molecule has 0 saturated heterocycles. The van der Waals surface area contributed by atoms with Crippen molar-refractivity contribution in [3.8, 4) is 0 Å². The highest BCUT2D eigenvalue weighted by atomic mass is 127. The number of aliphatic imine (C=N–C) groups is 1. The van der Waals surface area contributed by atoms with Gasteiger partial charge in [0.1, 0.15) is 0 Å². The fraction of sp³-hybridized carbons (Fsp3) is 0.222. The number of para-hydroxylation sites is 1. The third-order valence-corrected chi connectivity index (χ3v) is 4.51. The molecule has 3 rings (SSSR count). The van der Waals surface area contributed by atoms with Crippen LogP contribution in [0.25, 0.3) is 10.2 Å². The maximum absolute atomic E-state index is 4.56. The van der Waals surface area contributed by atoms with E-state index in [0.29, 0.717) is 0 Å². The molecule has 0 radical (unpaired) electrons. The molecule has 7 heteroatoms. The van der Waals surface area contributed by atoms with Crippen LogP contribution < -0.4 is 16.0 Å². The van der Waals surface area contributed by atoms with Crippen molar-refractivity contribution in [2.75, 3.05) is 25.5 Å². The predicted octanol–water partition coefficient (Wildman–Crippen LogP) is 3.69. The molecule has 0 spiro atoms. The first kappa shape index (κ1) is 19.5. The van der Waals surface area contributed by atoms with Crippen LogP contribution in [0.15, 0.2) is 59.6 Å². The molecule has 0 atom stereocenters. The first-order valence-electron chi connectivity index (χ1n) is 7.93. The van der Waals surface area contributed by atoms with Crippen molar-refractivity contribution in [1.29, 1.82) is 0 Å². The van der Waals surface area contributed by atoms with Crippen LogP contribution in [0.1, 0.15) is 5.56 Å². The topological polar surface area (TPSA) is 61.3 Å². The van der Waals surface area contributed by atoms with E-state index in [1.807, 2.05) is 36.4 Å². The number of fused-ring (bicyclic) bond motifs is 1. The number of rotatable bonds is 6. The van der Waals surface area contributed by atoms with Gasteiger partial charge in [-0.25, -0.2) is 4.98 Å². The smallest absolute Gasteiger partial charge is 0.191 e. The van der Waals surface area contributed by atoms with Crippen LogP contribution >= 0.6 is 35.3 Å². The zero-order valence-electron chi connectivity index (χ0n) is 14.0. The van der Waals surface area contributed by atoms with E-state index < -0.39 is 0 Å². The Hall–Kier alpha value is -1.87. The number of aromatic nitrogens is 1. The second kappa shape index (κ2) is 10.2. The van der Waals surface area contributed by atoms with Crippen molar-refractivity contribution in [2.24, 2.45) is 4.99 Å². The van der Waals surface area contributed by atoms with Gasteiger partial charge in [0, 0.05) is 26.7 Å². The number of halogens is 1. The molecule has 2 aromatic carbocycles. The van der Waals surface area contributed by atoms with E-state index in [1.54, 1.807) is 18.4 Å². The minimum absolute atomic E-state index is 0. The molecule has 1 heterocycles. The van der Waals surface area contributed by atoms with Crippen molar-refractivity contribution in [1.82, 2.24) is 15.6 Å². The SMILES string of the molecule is CN=C(NCCNc1nc2ccccc2s1)NCc1ccccc1.I. The fourth-order valence-corrected chi connectivity index (χ4v) is 3.19. The molecular formula is C18H22IN5S. The van der Waals surface area contributed by atoms with E-state index in [2.05, 4.69) is 44.1 Å². The zero-order valence-corrected chi connectivity index (χ0v) is 17.2. The van der Waals surface area contributed by atoms with Crippen LogP contribution in [-0.4, -0.2) is 31.1 Å². The number of hydrogen-bond acceptors (Lipinski definition) is 4. The van der Waals surface area contributed by atoms with Gasteiger partial charge in [-0.05, 0) is 17.7 Å². The minimum atomic E-state index is 0. The fourth-order valence-electron chi connectivity index (χ4n) is 2.30. The number of nitrogens with zero attached hydrogens (tertiary/aromatic N) is 2. The Balaban J connectivity index is 0.00000225. The van der Waals surface area contributed by atoms with Crippen LogP contribution in [0.3, 0.4) is 0 Å². The van der Waals surface area contributed by atoms with E-state index in [1.165, 1.54) is 10.3 Å². The molecule has 0 aliphatic rings. The Bertz CT molecular complexity index is 770. The lowest BCUT2D eigenvalue weighted by Crippen LogP contribution is -2.39. The highest BCUT2D eigenvalue weighted by Crippen LogP contribution is 2.24. The summed E-state index contributed by atoms with van der Waals surface area (Å²) in [6, 6.07) is 18.4. The molecular weight excluding hydrogens is 445 g/mol. The van der Waals surface area contributed by atoms with E-state index in [4.69, 9.17) is 0 Å². The second-order valence-electron chi connectivity index (χ2n) is 5.25. The van der Waals surface area contributed by atoms with E-state index in [9.17, 15) is 0 Å². The normalized spacial score (nSPS) is 11.0. The summed E-state index contributed by atoms with van der Waals surface area (Å²) >= 11 is 1.67. The van der Waals surface area contributed by atoms with Crippen LogP contribution in [0.5, 0.6) is 0 Å². The van der Waals surface area contributed by atoms with Gasteiger partial charge < -0.3 is 16.0 Å². The van der Waals surface area contributed by atoms with Gasteiger partial charge in [-0.1, -0.05) is 53.8 Å². The van der Waals surface area contributed by atoms with E-state index in [0.717, 1.165) is 36.2 Å². The summed E-state index contributed by atoms with van der Waals surface area (Å²) in [6.45, 7) is 2.31. The largest absolute Gasteiger partial charge is 0.360 e. The standard InChI is InChI=1S/C18H21N5S.HI/c1-19-17(22-13-14-7-3-2-4-8-14)20-11-12-21-18-23-15-9-5-6-10-16(15)24-18;/h2-10H,11-13H2,1H3,(H,21,23)(H2,19,20,22);1H. The maximum atomic E-state index is 4.56. The first-order chi connectivity index (χ1) is 11.8. The summed E-state index contributed by atoms with van der Waals surface area (Å²) in [7, 11) is 1.78. The molecule has 3 N–H and O–H groups in total. The van der Waals surface area contributed by atoms with Crippen LogP contribution in [0, 0.1) is 0 Å². The number of nitrogens with one attached hydrogen (secondary N) is 3. The molecule has 25 heavy (non-hydrogen) atoms. The molecule has 132 valence electrons. The summed E-state index contributed by atoms with van der Waals surface area (Å²) in [5.74, 6) is 0.796. The molecule has 0 unspecified atom stereocenters. The highest BCUT2D eigenvalue weighted by molar-refractivity contribution is 14.0. The number of guanidine groups is 1. The van der Waals surface area contributed by atoms with E-state index in [-0.39, 0.29) is 24.0 Å². The number of benzene rings is 2. The summed E-state index contributed by atoms with van der Waals surface area (Å²) < 4.78 is 1.20. The van der Waals surface area contributed by atoms with Gasteiger partial charge >= 0.3 is 0 Å². The number of thiazole rings is 1. The Morgan fingerprint density at radius 3 is 2.52 bits per heavy atom. The maximum Gasteiger partial charge on any atom is 0.191 e. The molecule has 1 aromatic heterocycles. The predicted molar refractivity (Wildman–Crippen MR) is 118 cm³/mol. The van der Waals surface area contributed by atoms with E-state index >= 15 is 0 Å². The molecule has 5 nitrogen and oxygen atoms in total. The highest BCUT2D eigenvalue weighted by Gasteiger charge is 2.02.